The van der Waals surface area contributed by atoms with Gasteiger partial charge in [-0.15, -0.1) is 0 Å². The molecule has 15 heavy (non-hydrogen) atoms. The minimum absolute atomic E-state index is 0.600. The number of aromatic nitrogens is 1. The summed E-state index contributed by atoms with van der Waals surface area (Å²) in [7, 11) is 0. The molecule has 0 atom stereocenters. The zero-order valence-electron chi connectivity index (χ0n) is 7.90. The van der Waals surface area contributed by atoms with Gasteiger partial charge in [0.05, 0.1) is 29.2 Å². The molecule has 0 saturated carbocycles. The summed E-state index contributed by atoms with van der Waals surface area (Å²) in [6.45, 7) is 0.600. The topological polar surface area (TPSA) is 64.1 Å². The van der Waals surface area contributed by atoms with Crippen molar-refractivity contribution in [1.82, 2.24) is 4.98 Å². The number of nitrogens with zero attached hydrogens (tertiary/aromatic N) is 1. The molecular formula is C10H10BrN3O. The first-order valence-electron chi connectivity index (χ1n) is 4.43. The van der Waals surface area contributed by atoms with Crippen LogP contribution in [0.2, 0.25) is 0 Å². The van der Waals surface area contributed by atoms with Crippen molar-refractivity contribution in [2.24, 2.45) is 0 Å². The van der Waals surface area contributed by atoms with Crippen LogP contribution >= 0.6 is 15.9 Å². The van der Waals surface area contributed by atoms with E-state index in [9.17, 15) is 0 Å². The number of nitrogens with two attached hydrogens (primary N) is 1. The fraction of sp³-hybridized carbons (Fsp3) is 0.100. The number of hydrogen-bond donors (Lipinski definition) is 2. The summed E-state index contributed by atoms with van der Waals surface area (Å²) >= 11 is 3.38. The van der Waals surface area contributed by atoms with E-state index in [0.717, 1.165) is 16.1 Å². The van der Waals surface area contributed by atoms with Gasteiger partial charge in [0.25, 0.3) is 0 Å². The average Bonchev–Trinajstić information content (AvgIpc) is 2.69. The highest BCUT2D eigenvalue weighted by molar-refractivity contribution is 9.10. The van der Waals surface area contributed by atoms with Crippen molar-refractivity contribution in [2.75, 3.05) is 11.1 Å². The molecule has 2 heterocycles. The highest BCUT2D eigenvalue weighted by Gasteiger charge is 2.02. The van der Waals surface area contributed by atoms with E-state index >= 15 is 0 Å². The molecule has 2 aromatic heterocycles. The van der Waals surface area contributed by atoms with Crippen molar-refractivity contribution in [3.63, 3.8) is 0 Å². The van der Waals surface area contributed by atoms with Crippen molar-refractivity contribution in [2.45, 2.75) is 6.54 Å². The van der Waals surface area contributed by atoms with Gasteiger partial charge in [-0.2, -0.15) is 0 Å². The monoisotopic (exact) mass is 267 g/mol. The Morgan fingerprint density at radius 3 is 3.07 bits per heavy atom. The zero-order chi connectivity index (χ0) is 10.7. The lowest BCUT2D eigenvalue weighted by Gasteiger charge is -2.05. The molecule has 0 aliphatic rings. The summed E-state index contributed by atoms with van der Waals surface area (Å²) in [5, 5.41) is 3.14. The molecule has 0 aromatic carbocycles. The Morgan fingerprint density at radius 1 is 1.53 bits per heavy atom. The van der Waals surface area contributed by atoms with E-state index in [0.29, 0.717) is 12.2 Å². The maximum absolute atomic E-state index is 5.58. The van der Waals surface area contributed by atoms with E-state index < -0.39 is 0 Å². The summed E-state index contributed by atoms with van der Waals surface area (Å²) < 4.78 is 6.03. The van der Waals surface area contributed by atoms with E-state index in [1.165, 1.54) is 0 Å². The molecule has 0 fully saturated rings. The molecule has 0 amide bonds. The summed E-state index contributed by atoms with van der Waals surface area (Å²) in [5.41, 5.74) is 6.21. The van der Waals surface area contributed by atoms with Crippen LogP contribution in [0.1, 0.15) is 5.76 Å². The Morgan fingerprint density at radius 2 is 2.40 bits per heavy atom. The largest absolute Gasteiger partial charge is 0.467 e. The Labute approximate surface area is 95.6 Å². The van der Waals surface area contributed by atoms with Crippen LogP contribution < -0.4 is 11.1 Å². The molecule has 0 radical (unpaired) electrons. The number of rotatable bonds is 3. The van der Waals surface area contributed by atoms with E-state index in [2.05, 4.69) is 26.2 Å². The minimum Gasteiger partial charge on any atom is -0.467 e. The molecule has 5 heteroatoms. The van der Waals surface area contributed by atoms with Gasteiger partial charge in [-0.1, -0.05) is 0 Å². The van der Waals surface area contributed by atoms with Gasteiger partial charge in [0.15, 0.2) is 0 Å². The number of nitrogen functional groups attached to an aromatic ring is 1. The van der Waals surface area contributed by atoms with Crippen LogP contribution in [0.4, 0.5) is 11.5 Å². The molecule has 3 N–H and O–H groups in total. The van der Waals surface area contributed by atoms with Crippen molar-refractivity contribution in [3.05, 3.63) is 40.9 Å². The van der Waals surface area contributed by atoms with Crippen molar-refractivity contribution in [3.8, 4) is 0 Å². The third kappa shape index (κ3) is 2.50. The van der Waals surface area contributed by atoms with Crippen LogP contribution in [-0.2, 0) is 6.54 Å². The fourth-order valence-electron chi connectivity index (χ4n) is 1.17. The van der Waals surface area contributed by atoms with Crippen LogP contribution in [0.15, 0.2) is 39.5 Å². The number of nitrogens with one attached hydrogen (secondary N) is 1. The number of halogens is 1. The molecule has 0 aliphatic carbocycles. The predicted octanol–water partition coefficient (Wildman–Crippen LogP) is 2.63. The van der Waals surface area contributed by atoms with Gasteiger partial charge >= 0.3 is 0 Å². The summed E-state index contributed by atoms with van der Waals surface area (Å²) in [5.74, 6) is 1.61. The maximum atomic E-state index is 5.58. The Bertz CT molecular complexity index is 442. The first-order valence-corrected chi connectivity index (χ1v) is 5.22. The second-order valence-electron chi connectivity index (χ2n) is 3.03. The highest BCUT2D eigenvalue weighted by atomic mass is 79.9. The highest BCUT2D eigenvalue weighted by Crippen LogP contribution is 2.22. The molecule has 0 unspecified atom stereocenters. The van der Waals surface area contributed by atoms with Crippen LogP contribution in [0.5, 0.6) is 0 Å². The van der Waals surface area contributed by atoms with Gasteiger partial charge in [-0.3, -0.25) is 0 Å². The predicted molar refractivity (Wildman–Crippen MR) is 62.4 cm³/mol. The molecular weight excluding hydrogens is 258 g/mol. The second kappa shape index (κ2) is 4.35. The number of hydrogen-bond acceptors (Lipinski definition) is 4. The molecule has 0 saturated heterocycles. The van der Waals surface area contributed by atoms with Gasteiger partial charge in [0.1, 0.15) is 11.6 Å². The van der Waals surface area contributed by atoms with Crippen LogP contribution in [0.25, 0.3) is 0 Å². The van der Waals surface area contributed by atoms with Crippen LogP contribution in [0, 0.1) is 0 Å². The Kier molecular flexibility index (Phi) is 2.91. The summed E-state index contributed by atoms with van der Waals surface area (Å²) in [4.78, 5) is 4.15. The molecule has 4 nitrogen and oxygen atoms in total. The minimum atomic E-state index is 0.600. The van der Waals surface area contributed by atoms with Gasteiger partial charge < -0.3 is 15.5 Å². The maximum Gasteiger partial charge on any atom is 0.140 e. The first kappa shape index (κ1) is 10.0. The van der Waals surface area contributed by atoms with Crippen LogP contribution in [0.3, 0.4) is 0 Å². The SMILES string of the molecule is Nc1cnc(NCc2ccco2)c(Br)c1. The fourth-order valence-corrected chi connectivity index (χ4v) is 1.67. The lowest BCUT2D eigenvalue weighted by Crippen LogP contribution is -2.01. The number of furan rings is 1. The summed E-state index contributed by atoms with van der Waals surface area (Å²) in [6, 6.07) is 5.55. The second-order valence-corrected chi connectivity index (χ2v) is 3.89. The average molecular weight is 268 g/mol. The Balaban J connectivity index is 2.05. The Hall–Kier alpha value is -1.49. The van der Waals surface area contributed by atoms with Gasteiger partial charge in [-0.25, -0.2) is 4.98 Å². The van der Waals surface area contributed by atoms with Crippen LogP contribution in [-0.4, -0.2) is 4.98 Å². The summed E-state index contributed by atoms with van der Waals surface area (Å²) in [6.07, 6.45) is 3.25. The lowest BCUT2D eigenvalue weighted by molar-refractivity contribution is 0.518. The van der Waals surface area contributed by atoms with E-state index in [1.54, 1.807) is 18.5 Å². The van der Waals surface area contributed by atoms with E-state index in [4.69, 9.17) is 10.2 Å². The third-order valence-electron chi connectivity index (χ3n) is 1.87. The third-order valence-corrected chi connectivity index (χ3v) is 2.48. The smallest absolute Gasteiger partial charge is 0.140 e. The van der Waals surface area contributed by atoms with Crippen molar-refractivity contribution >= 4 is 27.4 Å². The molecule has 0 bridgehead atoms. The van der Waals surface area contributed by atoms with Crippen molar-refractivity contribution < 1.29 is 4.42 Å². The van der Waals surface area contributed by atoms with E-state index in [-0.39, 0.29) is 0 Å². The molecule has 2 aromatic rings. The lowest BCUT2D eigenvalue weighted by atomic mass is 10.4. The molecule has 0 aliphatic heterocycles. The van der Waals surface area contributed by atoms with Crippen molar-refractivity contribution in [1.29, 1.82) is 0 Å². The number of pyridine rings is 1. The normalized spacial score (nSPS) is 10.2. The molecule has 0 spiro atoms. The number of anilines is 2. The molecule has 2 rings (SSSR count). The molecule has 78 valence electrons. The van der Waals surface area contributed by atoms with Gasteiger partial charge in [0.2, 0.25) is 0 Å². The van der Waals surface area contributed by atoms with E-state index in [1.807, 2.05) is 12.1 Å². The standard InChI is InChI=1S/C10H10BrN3O/c11-9-4-7(12)5-13-10(9)14-6-8-2-1-3-15-8/h1-5H,6,12H2,(H,13,14). The van der Waals surface area contributed by atoms with Gasteiger partial charge in [-0.05, 0) is 34.1 Å². The van der Waals surface area contributed by atoms with Gasteiger partial charge in [0, 0.05) is 0 Å². The quantitative estimate of drug-likeness (QED) is 0.898. The first-order chi connectivity index (χ1) is 7.25. The zero-order valence-corrected chi connectivity index (χ0v) is 9.49.